The van der Waals surface area contributed by atoms with Gasteiger partial charge in [-0.1, -0.05) is 44.2 Å². The second-order valence-corrected chi connectivity index (χ2v) is 9.78. The largest absolute Gasteiger partial charge is 0.497 e. The summed E-state index contributed by atoms with van der Waals surface area (Å²) in [5.41, 5.74) is 2.12. The lowest BCUT2D eigenvalue weighted by molar-refractivity contribution is 0.0703. The van der Waals surface area contributed by atoms with Crippen molar-refractivity contribution in [3.05, 3.63) is 65.7 Å². The third-order valence-corrected chi connectivity index (χ3v) is 6.60. The van der Waals surface area contributed by atoms with E-state index in [0.717, 1.165) is 43.4 Å². The summed E-state index contributed by atoms with van der Waals surface area (Å²) in [6.07, 6.45) is 2.74. The van der Waals surface area contributed by atoms with E-state index in [0.29, 0.717) is 17.8 Å². The van der Waals surface area contributed by atoms with E-state index in [1.54, 1.807) is 7.11 Å². The molecule has 1 saturated carbocycles. The summed E-state index contributed by atoms with van der Waals surface area (Å²) < 4.78 is 5.50. The fraction of sp³-hybridized carbons (Fsp3) is 0.519. The first-order chi connectivity index (χ1) is 15.0. The van der Waals surface area contributed by atoms with E-state index in [-0.39, 0.29) is 5.91 Å². The average Bonchev–Trinajstić information content (AvgIpc) is 3.51. The van der Waals surface area contributed by atoms with Gasteiger partial charge in [-0.25, -0.2) is 0 Å². The normalized spacial score (nSPS) is 21.4. The number of benzene rings is 2. The minimum Gasteiger partial charge on any atom is -0.497 e. The number of rotatable bonds is 9. The summed E-state index contributed by atoms with van der Waals surface area (Å²) in [4.78, 5) is 18.1. The number of nitrogens with zero attached hydrogens (tertiary/aromatic N) is 2. The van der Waals surface area contributed by atoms with Crippen LogP contribution in [0.25, 0.3) is 0 Å². The van der Waals surface area contributed by atoms with E-state index >= 15 is 0 Å². The summed E-state index contributed by atoms with van der Waals surface area (Å²) in [6.45, 7) is 9.32. The lowest BCUT2D eigenvalue weighted by Crippen LogP contribution is -2.39. The van der Waals surface area contributed by atoms with Crippen molar-refractivity contribution in [2.75, 3.05) is 39.8 Å². The van der Waals surface area contributed by atoms with Crippen LogP contribution in [0.3, 0.4) is 0 Å². The standard InChI is InChI=1S/C27H36N2O2/c1-20(2)15-29(27(30)22-8-5-4-6-9-22)18-24-17-28(16-21-12-13-21)19-26(24)23-10-7-11-25(14-23)31-3/h4-11,14,20-21,24,26H,12-13,15-19H2,1-3H3/t24-,26+/m0/s1. The molecule has 1 heterocycles. The van der Waals surface area contributed by atoms with E-state index in [4.69, 9.17) is 4.74 Å². The van der Waals surface area contributed by atoms with Crippen LogP contribution >= 0.6 is 0 Å². The lowest BCUT2D eigenvalue weighted by Gasteiger charge is -2.30. The molecule has 1 amide bonds. The van der Waals surface area contributed by atoms with Gasteiger partial charge in [0.1, 0.15) is 5.75 Å². The van der Waals surface area contributed by atoms with E-state index in [1.165, 1.54) is 24.9 Å². The molecule has 1 aliphatic carbocycles. The van der Waals surface area contributed by atoms with Gasteiger partial charge in [0.25, 0.3) is 5.91 Å². The van der Waals surface area contributed by atoms with E-state index in [9.17, 15) is 4.79 Å². The molecule has 2 atom stereocenters. The van der Waals surface area contributed by atoms with Gasteiger partial charge in [-0.2, -0.15) is 0 Å². The SMILES string of the molecule is COc1cccc([C@H]2CN(CC3CC3)C[C@H]2CN(CC(C)C)C(=O)c2ccccc2)c1. The third kappa shape index (κ3) is 5.68. The highest BCUT2D eigenvalue weighted by molar-refractivity contribution is 5.94. The predicted octanol–water partition coefficient (Wildman–Crippen LogP) is 4.92. The van der Waals surface area contributed by atoms with Crippen LogP contribution in [0.4, 0.5) is 0 Å². The number of carbonyl (C=O) groups excluding carboxylic acids is 1. The van der Waals surface area contributed by atoms with Crippen molar-refractivity contribution >= 4 is 5.91 Å². The highest BCUT2D eigenvalue weighted by Crippen LogP contribution is 2.38. The predicted molar refractivity (Wildman–Crippen MR) is 126 cm³/mol. The Labute approximate surface area is 187 Å². The van der Waals surface area contributed by atoms with Crippen LogP contribution < -0.4 is 4.74 Å². The molecule has 166 valence electrons. The molecule has 2 aromatic carbocycles. The maximum atomic E-state index is 13.4. The number of ether oxygens (including phenoxy) is 1. The van der Waals surface area contributed by atoms with Gasteiger partial charge in [-0.15, -0.1) is 0 Å². The maximum absolute atomic E-state index is 13.4. The fourth-order valence-corrected chi connectivity index (χ4v) is 4.94. The molecule has 2 aromatic rings. The molecule has 4 nitrogen and oxygen atoms in total. The first kappa shape index (κ1) is 21.9. The van der Waals surface area contributed by atoms with E-state index < -0.39 is 0 Å². The summed E-state index contributed by atoms with van der Waals surface area (Å²) in [5.74, 6) is 3.23. The van der Waals surface area contributed by atoms with Crippen LogP contribution in [0, 0.1) is 17.8 Å². The lowest BCUT2D eigenvalue weighted by atomic mass is 9.88. The molecular weight excluding hydrogens is 384 g/mol. The highest BCUT2D eigenvalue weighted by Gasteiger charge is 2.38. The zero-order chi connectivity index (χ0) is 21.8. The number of methoxy groups -OCH3 is 1. The van der Waals surface area contributed by atoms with Gasteiger partial charge in [0.15, 0.2) is 0 Å². The Morgan fingerprint density at radius 2 is 1.87 bits per heavy atom. The van der Waals surface area contributed by atoms with Crippen molar-refractivity contribution < 1.29 is 9.53 Å². The maximum Gasteiger partial charge on any atom is 0.253 e. The van der Waals surface area contributed by atoms with Gasteiger partial charge >= 0.3 is 0 Å². The monoisotopic (exact) mass is 420 g/mol. The summed E-state index contributed by atoms with van der Waals surface area (Å²) in [5, 5.41) is 0. The van der Waals surface area contributed by atoms with Gasteiger partial charge in [0.05, 0.1) is 7.11 Å². The molecule has 1 aliphatic heterocycles. The molecule has 2 fully saturated rings. The second kappa shape index (κ2) is 9.86. The summed E-state index contributed by atoms with van der Waals surface area (Å²) >= 11 is 0. The van der Waals surface area contributed by atoms with Crippen LogP contribution in [-0.2, 0) is 0 Å². The van der Waals surface area contributed by atoms with Gasteiger partial charge < -0.3 is 14.5 Å². The molecule has 0 aromatic heterocycles. The van der Waals surface area contributed by atoms with E-state index in [2.05, 4.69) is 41.8 Å². The zero-order valence-corrected chi connectivity index (χ0v) is 19.2. The Morgan fingerprint density at radius 1 is 1.10 bits per heavy atom. The molecule has 31 heavy (non-hydrogen) atoms. The second-order valence-electron chi connectivity index (χ2n) is 9.78. The van der Waals surface area contributed by atoms with Crippen molar-refractivity contribution in [2.24, 2.45) is 17.8 Å². The van der Waals surface area contributed by atoms with Gasteiger partial charge in [-0.05, 0) is 60.4 Å². The summed E-state index contributed by atoms with van der Waals surface area (Å²) in [6, 6.07) is 18.3. The van der Waals surface area contributed by atoms with Crippen molar-refractivity contribution in [2.45, 2.75) is 32.6 Å². The highest BCUT2D eigenvalue weighted by atomic mass is 16.5. The quantitative estimate of drug-likeness (QED) is 0.577. The molecule has 0 unspecified atom stereocenters. The number of carbonyl (C=O) groups is 1. The van der Waals surface area contributed by atoms with Crippen molar-refractivity contribution in [1.82, 2.24) is 9.80 Å². The molecule has 1 saturated heterocycles. The topological polar surface area (TPSA) is 32.8 Å². The Balaban J connectivity index is 1.56. The average molecular weight is 421 g/mol. The smallest absolute Gasteiger partial charge is 0.253 e. The first-order valence-corrected chi connectivity index (χ1v) is 11.7. The molecule has 2 aliphatic rings. The molecule has 0 radical (unpaired) electrons. The Bertz CT molecular complexity index is 863. The van der Waals surface area contributed by atoms with Gasteiger partial charge in [-0.3, -0.25) is 4.79 Å². The number of hydrogen-bond acceptors (Lipinski definition) is 3. The van der Waals surface area contributed by atoms with Crippen molar-refractivity contribution in [3.8, 4) is 5.75 Å². The molecule has 0 N–H and O–H groups in total. The Hall–Kier alpha value is -2.33. The van der Waals surface area contributed by atoms with Crippen LogP contribution in [-0.4, -0.2) is 55.5 Å². The molecular formula is C27H36N2O2. The summed E-state index contributed by atoms with van der Waals surface area (Å²) in [7, 11) is 1.73. The fourth-order valence-electron chi connectivity index (χ4n) is 4.94. The Morgan fingerprint density at radius 3 is 2.55 bits per heavy atom. The van der Waals surface area contributed by atoms with Gasteiger partial charge in [0, 0.05) is 44.2 Å². The minimum absolute atomic E-state index is 0.152. The molecule has 0 bridgehead atoms. The van der Waals surface area contributed by atoms with Crippen LogP contribution in [0.1, 0.15) is 48.5 Å². The zero-order valence-electron chi connectivity index (χ0n) is 19.2. The van der Waals surface area contributed by atoms with Gasteiger partial charge in [0.2, 0.25) is 0 Å². The molecule has 4 heteroatoms. The number of amides is 1. The van der Waals surface area contributed by atoms with Crippen molar-refractivity contribution in [1.29, 1.82) is 0 Å². The molecule has 0 spiro atoms. The van der Waals surface area contributed by atoms with Crippen LogP contribution in [0.15, 0.2) is 54.6 Å². The first-order valence-electron chi connectivity index (χ1n) is 11.7. The number of hydrogen-bond donors (Lipinski definition) is 0. The van der Waals surface area contributed by atoms with Crippen LogP contribution in [0.5, 0.6) is 5.75 Å². The molecule has 4 rings (SSSR count). The third-order valence-electron chi connectivity index (χ3n) is 6.60. The van der Waals surface area contributed by atoms with E-state index in [1.807, 2.05) is 36.4 Å². The number of likely N-dealkylation sites (tertiary alicyclic amines) is 1. The minimum atomic E-state index is 0.152. The van der Waals surface area contributed by atoms with Crippen molar-refractivity contribution in [3.63, 3.8) is 0 Å². The van der Waals surface area contributed by atoms with Crippen LogP contribution in [0.2, 0.25) is 0 Å². The Kier molecular flexibility index (Phi) is 6.96.